The van der Waals surface area contributed by atoms with Gasteiger partial charge in [-0.25, -0.2) is 0 Å². The van der Waals surface area contributed by atoms with Gasteiger partial charge in [-0.1, -0.05) is 0 Å². The molecule has 0 aromatic carbocycles. The molecule has 0 bridgehead atoms. The third-order valence-electron chi connectivity index (χ3n) is 3.30. The van der Waals surface area contributed by atoms with Gasteiger partial charge < -0.3 is 5.11 Å². The molecule has 100 valence electrons. The van der Waals surface area contributed by atoms with Gasteiger partial charge in [0.25, 0.3) is 0 Å². The van der Waals surface area contributed by atoms with Gasteiger partial charge in [0.05, 0.1) is 16.7 Å². The molecular weight excluding hydrogens is 298 g/mol. The van der Waals surface area contributed by atoms with Crippen LogP contribution in [0.25, 0.3) is 0 Å². The van der Waals surface area contributed by atoms with E-state index in [1.165, 1.54) is 0 Å². The minimum absolute atomic E-state index is 0.0312. The third kappa shape index (κ3) is 3.11. The largest absolute Gasteiger partial charge is 0.480 e. The van der Waals surface area contributed by atoms with Crippen molar-refractivity contribution >= 4 is 21.9 Å². The molecule has 1 fully saturated rings. The number of carbonyl (C=O) groups is 1. The van der Waals surface area contributed by atoms with Crippen LogP contribution in [0.5, 0.6) is 0 Å². The normalized spacial score (nSPS) is 20.4. The van der Waals surface area contributed by atoms with Crippen LogP contribution in [0.15, 0.2) is 16.9 Å². The summed E-state index contributed by atoms with van der Waals surface area (Å²) in [5, 5.41) is 16.8. The van der Waals surface area contributed by atoms with E-state index in [1.807, 2.05) is 13.1 Å². The molecule has 2 atom stereocenters. The van der Waals surface area contributed by atoms with E-state index in [0.29, 0.717) is 12.5 Å². The molecule has 1 aromatic rings. The molecule has 5 nitrogen and oxygen atoms in total. The molecule has 0 saturated heterocycles. The standard InChI is InChI=1S/C12H18BrN3O2/c1-8(16-7-9(13)6-14-16)5-12(2,11(17)18)15-10-3-4-10/h6-8,10,15H,3-5H2,1-2H3,(H,17,18). The molecule has 0 aliphatic heterocycles. The van der Waals surface area contributed by atoms with Crippen LogP contribution >= 0.6 is 15.9 Å². The van der Waals surface area contributed by atoms with E-state index < -0.39 is 11.5 Å². The predicted octanol–water partition coefficient (Wildman–Crippen LogP) is 2.19. The van der Waals surface area contributed by atoms with Crippen LogP contribution in [0.3, 0.4) is 0 Å². The zero-order valence-electron chi connectivity index (χ0n) is 10.6. The number of aromatic nitrogens is 2. The topological polar surface area (TPSA) is 67.2 Å². The van der Waals surface area contributed by atoms with Crippen molar-refractivity contribution in [3.8, 4) is 0 Å². The number of nitrogens with zero attached hydrogens (tertiary/aromatic N) is 2. The summed E-state index contributed by atoms with van der Waals surface area (Å²) in [7, 11) is 0. The maximum absolute atomic E-state index is 11.5. The average molecular weight is 316 g/mol. The van der Waals surface area contributed by atoms with Crippen LogP contribution < -0.4 is 5.32 Å². The molecule has 1 aliphatic carbocycles. The zero-order chi connectivity index (χ0) is 13.3. The fourth-order valence-electron chi connectivity index (χ4n) is 2.13. The lowest BCUT2D eigenvalue weighted by atomic mass is 9.93. The second kappa shape index (κ2) is 5.01. The highest BCUT2D eigenvalue weighted by atomic mass is 79.9. The maximum Gasteiger partial charge on any atom is 0.323 e. The van der Waals surface area contributed by atoms with Crippen LogP contribution in [-0.2, 0) is 4.79 Å². The molecule has 2 unspecified atom stereocenters. The van der Waals surface area contributed by atoms with E-state index in [4.69, 9.17) is 0 Å². The molecular formula is C12H18BrN3O2. The summed E-state index contributed by atoms with van der Waals surface area (Å²) < 4.78 is 2.70. The fraction of sp³-hybridized carbons (Fsp3) is 0.667. The Balaban J connectivity index is 2.05. The highest BCUT2D eigenvalue weighted by Crippen LogP contribution is 2.28. The van der Waals surface area contributed by atoms with Gasteiger partial charge in [0.1, 0.15) is 5.54 Å². The van der Waals surface area contributed by atoms with Crippen molar-refractivity contribution in [2.75, 3.05) is 0 Å². The number of hydrogen-bond donors (Lipinski definition) is 2. The fourth-order valence-corrected chi connectivity index (χ4v) is 2.43. The molecule has 1 saturated carbocycles. The van der Waals surface area contributed by atoms with Crippen molar-refractivity contribution in [2.24, 2.45) is 0 Å². The number of halogens is 1. The van der Waals surface area contributed by atoms with E-state index in [0.717, 1.165) is 17.3 Å². The first-order valence-electron chi connectivity index (χ1n) is 6.11. The van der Waals surface area contributed by atoms with E-state index in [1.54, 1.807) is 17.8 Å². The Kier molecular flexibility index (Phi) is 3.77. The van der Waals surface area contributed by atoms with Gasteiger partial charge in [0, 0.05) is 12.2 Å². The van der Waals surface area contributed by atoms with Gasteiger partial charge in [-0.3, -0.25) is 14.8 Å². The van der Waals surface area contributed by atoms with Crippen LogP contribution in [0.4, 0.5) is 0 Å². The van der Waals surface area contributed by atoms with Crippen molar-refractivity contribution in [1.82, 2.24) is 15.1 Å². The lowest BCUT2D eigenvalue weighted by Gasteiger charge is -2.29. The molecule has 0 radical (unpaired) electrons. The Morgan fingerprint density at radius 2 is 2.44 bits per heavy atom. The van der Waals surface area contributed by atoms with Crippen molar-refractivity contribution in [2.45, 2.75) is 50.7 Å². The lowest BCUT2D eigenvalue weighted by Crippen LogP contribution is -2.51. The molecule has 0 amide bonds. The molecule has 2 N–H and O–H groups in total. The smallest absolute Gasteiger partial charge is 0.323 e. The summed E-state index contributed by atoms with van der Waals surface area (Å²) in [5.74, 6) is -0.799. The summed E-state index contributed by atoms with van der Waals surface area (Å²) >= 11 is 3.34. The first-order valence-corrected chi connectivity index (χ1v) is 6.91. The summed E-state index contributed by atoms with van der Waals surface area (Å²) in [5.41, 5.74) is -0.890. The number of carboxylic acids is 1. The van der Waals surface area contributed by atoms with Gasteiger partial charge in [0.2, 0.25) is 0 Å². The highest BCUT2D eigenvalue weighted by Gasteiger charge is 2.39. The number of nitrogens with one attached hydrogen (secondary N) is 1. The predicted molar refractivity (Wildman–Crippen MR) is 71.5 cm³/mol. The van der Waals surface area contributed by atoms with Gasteiger partial charge >= 0.3 is 5.97 Å². The Labute approximate surface area is 115 Å². The second-order valence-corrected chi connectivity index (χ2v) is 6.16. The maximum atomic E-state index is 11.5. The molecule has 1 heterocycles. The Hall–Kier alpha value is -0.880. The van der Waals surface area contributed by atoms with E-state index in [2.05, 4.69) is 26.3 Å². The SMILES string of the molecule is CC(CC(C)(NC1CC1)C(=O)O)n1cc(Br)cn1. The van der Waals surface area contributed by atoms with Crippen molar-refractivity contribution < 1.29 is 9.90 Å². The molecule has 1 aliphatic rings. The minimum atomic E-state index is -0.890. The summed E-state index contributed by atoms with van der Waals surface area (Å²) in [6, 6.07) is 0.395. The highest BCUT2D eigenvalue weighted by molar-refractivity contribution is 9.10. The van der Waals surface area contributed by atoms with Crippen LogP contribution in [0, 0.1) is 0 Å². The summed E-state index contributed by atoms with van der Waals surface area (Å²) in [4.78, 5) is 11.5. The molecule has 1 aromatic heterocycles. The number of rotatable bonds is 6. The van der Waals surface area contributed by atoms with E-state index >= 15 is 0 Å². The monoisotopic (exact) mass is 315 g/mol. The van der Waals surface area contributed by atoms with Gasteiger partial charge in [-0.05, 0) is 49.0 Å². The van der Waals surface area contributed by atoms with E-state index in [-0.39, 0.29) is 6.04 Å². The lowest BCUT2D eigenvalue weighted by molar-refractivity contribution is -0.145. The van der Waals surface area contributed by atoms with Gasteiger partial charge in [0.15, 0.2) is 0 Å². The first kappa shape index (κ1) is 13.5. The van der Waals surface area contributed by atoms with Crippen LogP contribution in [-0.4, -0.2) is 32.4 Å². The number of carboxylic acid groups (broad SMARTS) is 1. The van der Waals surface area contributed by atoms with Crippen molar-refractivity contribution in [3.63, 3.8) is 0 Å². The van der Waals surface area contributed by atoms with Crippen molar-refractivity contribution in [1.29, 1.82) is 0 Å². The zero-order valence-corrected chi connectivity index (χ0v) is 12.1. The van der Waals surface area contributed by atoms with Crippen LogP contribution in [0.1, 0.15) is 39.2 Å². The van der Waals surface area contributed by atoms with Crippen molar-refractivity contribution in [3.05, 3.63) is 16.9 Å². The Morgan fingerprint density at radius 1 is 1.78 bits per heavy atom. The van der Waals surface area contributed by atoms with Gasteiger partial charge in [-0.2, -0.15) is 5.10 Å². The summed E-state index contributed by atoms with van der Waals surface area (Å²) in [6.45, 7) is 3.73. The third-order valence-corrected chi connectivity index (χ3v) is 3.71. The number of aliphatic carboxylic acids is 1. The number of hydrogen-bond acceptors (Lipinski definition) is 3. The molecule has 0 spiro atoms. The Morgan fingerprint density at radius 3 is 2.89 bits per heavy atom. The minimum Gasteiger partial charge on any atom is -0.480 e. The molecule has 2 rings (SSSR count). The first-order chi connectivity index (χ1) is 8.40. The Bertz CT molecular complexity index is 444. The summed E-state index contributed by atoms with van der Waals surface area (Å²) in [6.07, 6.45) is 6.23. The molecule has 18 heavy (non-hydrogen) atoms. The van der Waals surface area contributed by atoms with Gasteiger partial charge in [-0.15, -0.1) is 0 Å². The molecule has 6 heteroatoms. The second-order valence-electron chi connectivity index (χ2n) is 5.25. The quantitative estimate of drug-likeness (QED) is 0.844. The van der Waals surface area contributed by atoms with E-state index in [9.17, 15) is 9.90 Å². The van der Waals surface area contributed by atoms with Crippen LogP contribution in [0.2, 0.25) is 0 Å². The average Bonchev–Trinajstić information content (AvgIpc) is 2.97.